The van der Waals surface area contributed by atoms with E-state index >= 15 is 0 Å². The predicted molar refractivity (Wildman–Crippen MR) is 77.1 cm³/mol. The number of nitrogens with two attached hydrogens (primary N) is 1. The Morgan fingerprint density at radius 2 is 2.10 bits per heavy atom. The predicted octanol–water partition coefficient (Wildman–Crippen LogP) is -0.100. The molecule has 5 N–H and O–H groups in total. The van der Waals surface area contributed by atoms with Gasteiger partial charge in [0.2, 0.25) is 11.8 Å². The second kappa shape index (κ2) is 6.21. The molecule has 106 valence electrons. The minimum absolute atomic E-state index is 0.138. The topological polar surface area (TPSA) is 100 Å². The molecule has 0 aliphatic carbocycles. The number of nitrogens with one attached hydrogen (secondary N) is 3. The third kappa shape index (κ3) is 2.97. The summed E-state index contributed by atoms with van der Waals surface area (Å²) >= 11 is 0. The summed E-state index contributed by atoms with van der Waals surface area (Å²) in [4.78, 5) is 26.4. The molecule has 6 heteroatoms. The fourth-order valence-electron chi connectivity index (χ4n) is 2.16. The van der Waals surface area contributed by atoms with Crippen LogP contribution in [0.1, 0.15) is 5.56 Å². The first-order valence-electron chi connectivity index (χ1n) is 6.41. The lowest BCUT2D eigenvalue weighted by molar-refractivity contribution is -0.128. The van der Waals surface area contributed by atoms with Gasteiger partial charge >= 0.3 is 0 Å². The Hall–Kier alpha value is -2.34. The minimum atomic E-state index is -0.629. The van der Waals surface area contributed by atoms with Gasteiger partial charge in [-0.2, -0.15) is 0 Å². The van der Waals surface area contributed by atoms with Crippen molar-refractivity contribution in [3.8, 4) is 0 Å². The first kappa shape index (κ1) is 14.1. The molecule has 2 aromatic rings. The molecular formula is C14H18N4O2. The highest BCUT2D eigenvalue weighted by Gasteiger charge is 2.20. The highest BCUT2D eigenvalue weighted by molar-refractivity contribution is 5.89. The number of hydrogen-bond donors (Lipinski definition) is 4. The number of H-pyrrole nitrogens is 1. The van der Waals surface area contributed by atoms with Gasteiger partial charge in [0.05, 0.1) is 6.54 Å². The van der Waals surface area contributed by atoms with Crippen molar-refractivity contribution in [2.24, 2.45) is 5.73 Å². The van der Waals surface area contributed by atoms with Crippen LogP contribution in [0.5, 0.6) is 0 Å². The number of rotatable bonds is 5. The van der Waals surface area contributed by atoms with Gasteiger partial charge in [-0.1, -0.05) is 18.2 Å². The number of fused-ring (bicyclic) bond motifs is 1. The van der Waals surface area contributed by atoms with Crippen molar-refractivity contribution < 1.29 is 9.59 Å². The van der Waals surface area contributed by atoms with Crippen molar-refractivity contribution in [3.63, 3.8) is 0 Å². The SMILES string of the molecule is CNC(=O)[C@H](Cc1c[nH]c2ccccc12)NC(=O)CN. The summed E-state index contributed by atoms with van der Waals surface area (Å²) in [5.41, 5.74) is 7.26. The van der Waals surface area contributed by atoms with Gasteiger partial charge in [0.15, 0.2) is 0 Å². The van der Waals surface area contributed by atoms with Crippen LogP contribution >= 0.6 is 0 Å². The molecule has 0 saturated carbocycles. The van der Waals surface area contributed by atoms with Crippen molar-refractivity contribution in [1.82, 2.24) is 15.6 Å². The van der Waals surface area contributed by atoms with E-state index in [1.54, 1.807) is 7.05 Å². The molecular weight excluding hydrogens is 256 g/mol. The molecule has 0 aliphatic heterocycles. The number of aromatic nitrogens is 1. The Balaban J connectivity index is 2.22. The Labute approximate surface area is 116 Å². The van der Waals surface area contributed by atoms with Crippen molar-refractivity contribution in [3.05, 3.63) is 36.0 Å². The fourth-order valence-corrected chi connectivity index (χ4v) is 2.16. The van der Waals surface area contributed by atoms with E-state index in [9.17, 15) is 9.59 Å². The molecule has 1 atom stereocenters. The zero-order valence-electron chi connectivity index (χ0n) is 11.3. The monoisotopic (exact) mass is 274 g/mol. The van der Waals surface area contributed by atoms with Gasteiger partial charge in [0.25, 0.3) is 0 Å². The maximum Gasteiger partial charge on any atom is 0.242 e. The Kier molecular flexibility index (Phi) is 4.37. The van der Waals surface area contributed by atoms with E-state index in [0.717, 1.165) is 16.5 Å². The van der Waals surface area contributed by atoms with Crippen LogP contribution in [-0.4, -0.2) is 36.4 Å². The number of benzene rings is 1. The Morgan fingerprint density at radius 3 is 2.80 bits per heavy atom. The van der Waals surface area contributed by atoms with Gasteiger partial charge in [0.1, 0.15) is 6.04 Å². The summed E-state index contributed by atoms with van der Waals surface area (Å²) in [6.07, 6.45) is 2.27. The van der Waals surface area contributed by atoms with Crippen LogP contribution in [0.4, 0.5) is 0 Å². The van der Waals surface area contributed by atoms with Crippen LogP contribution in [-0.2, 0) is 16.0 Å². The van der Waals surface area contributed by atoms with Crippen molar-refractivity contribution in [2.45, 2.75) is 12.5 Å². The van der Waals surface area contributed by atoms with E-state index < -0.39 is 6.04 Å². The normalized spacial score (nSPS) is 12.1. The lowest BCUT2D eigenvalue weighted by Crippen LogP contribution is -2.48. The van der Waals surface area contributed by atoms with E-state index in [0.29, 0.717) is 6.42 Å². The molecule has 0 fully saturated rings. The van der Waals surface area contributed by atoms with Gasteiger partial charge in [-0.3, -0.25) is 9.59 Å². The summed E-state index contributed by atoms with van der Waals surface area (Å²) in [6, 6.07) is 7.19. The quantitative estimate of drug-likeness (QED) is 0.612. The molecule has 0 aliphatic rings. The van der Waals surface area contributed by atoms with E-state index in [1.165, 1.54) is 0 Å². The summed E-state index contributed by atoms with van der Waals surface area (Å²) in [7, 11) is 1.54. The van der Waals surface area contributed by atoms with E-state index in [4.69, 9.17) is 5.73 Å². The molecule has 1 heterocycles. The van der Waals surface area contributed by atoms with Gasteiger partial charge in [-0.15, -0.1) is 0 Å². The smallest absolute Gasteiger partial charge is 0.242 e. The molecule has 0 radical (unpaired) electrons. The summed E-state index contributed by atoms with van der Waals surface area (Å²) in [5, 5.41) is 6.23. The van der Waals surface area contributed by atoms with Gasteiger partial charge in [0, 0.05) is 30.6 Å². The highest BCUT2D eigenvalue weighted by Crippen LogP contribution is 2.19. The number of aromatic amines is 1. The van der Waals surface area contributed by atoms with Crippen LogP contribution in [0, 0.1) is 0 Å². The third-order valence-corrected chi connectivity index (χ3v) is 3.18. The van der Waals surface area contributed by atoms with Crippen LogP contribution < -0.4 is 16.4 Å². The second-order valence-electron chi connectivity index (χ2n) is 4.50. The molecule has 0 spiro atoms. The summed E-state index contributed by atoms with van der Waals surface area (Å²) < 4.78 is 0. The maximum atomic E-state index is 11.8. The average molecular weight is 274 g/mol. The summed E-state index contributed by atoms with van der Waals surface area (Å²) in [6.45, 7) is -0.138. The second-order valence-corrected chi connectivity index (χ2v) is 4.50. The standard InChI is InChI=1S/C14H18N4O2/c1-16-14(20)12(18-13(19)7-15)6-9-8-17-11-5-3-2-4-10(9)11/h2-5,8,12,17H,6-7,15H2,1H3,(H,16,20)(H,18,19)/t12-/m0/s1. The van der Waals surface area contributed by atoms with E-state index in [1.807, 2.05) is 30.5 Å². The van der Waals surface area contributed by atoms with Gasteiger partial charge in [-0.05, 0) is 11.6 Å². The number of carbonyl (C=O) groups excluding carboxylic acids is 2. The Morgan fingerprint density at radius 1 is 1.35 bits per heavy atom. The molecule has 0 bridgehead atoms. The number of likely N-dealkylation sites (N-methyl/N-ethyl adjacent to an activating group) is 1. The van der Waals surface area contributed by atoms with E-state index in [-0.39, 0.29) is 18.4 Å². The van der Waals surface area contributed by atoms with Crippen LogP contribution in [0.3, 0.4) is 0 Å². The lowest BCUT2D eigenvalue weighted by Gasteiger charge is -2.16. The highest BCUT2D eigenvalue weighted by atomic mass is 16.2. The lowest BCUT2D eigenvalue weighted by atomic mass is 10.0. The zero-order valence-corrected chi connectivity index (χ0v) is 11.3. The van der Waals surface area contributed by atoms with Crippen molar-refractivity contribution in [2.75, 3.05) is 13.6 Å². The molecule has 2 amide bonds. The molecule has 0 unspecified atom stereocenters. The molecule has 20 heavy (non-hydrogen) atoms. The summed E-state index contributed by atoms with van der Waals surface area (Å²) in [5.74, 6) is -0.587. The molecule has 1 aromatic carbocycles. The van der Waals surface area contributed by atoms with Gasteiger partial charge in [-0.25, -0.2) is 0 Å². The van der Waals surface area contributed by atoms with Crippen molar-refractivity contribution in [1.29, 1.82) is 0 Å². The molecule has 2 rings (SSSR count). The average Bonchev–Trinajstić information content (AvgIpc) is 2.89. The number of amides is 2. The molecule has 0 saturated heterocycles. The fraction of sp³-hybridized carbons (Fsp3) is 0.286. The van der Waals surface area contributed by atoms with Crippen LogP contribution in [0.25, 0.3) is 10.9 Å². The first-order valence-corrected chi connectivity index (χ1v) is 6.41. The number of hydrogen-bond acceptors (Lipinski definition) is 3. The largest absolute Gasteiger partial charge is 0.361 e. The molecule has 6 nitrogen and oxygen atoms in total. The maximum absolute atomic E-state index is 11.8. The first-order chi connectivity index (χ1) is 9.65. The van der Waals surface area contributed by atoms with Crippen LogP contribution in [0.15, 0.2) is 30.5 Å². The zero-order chi connectivity index (χ0) is 14.5. The van der Waals surface area contributed by atoms with Crippen LogP contribution in [0.2, 0.25) is 0 Å². The number of para-hydroxylation sites is 1. The van der Waals surface area contributed by atoms with Crippen molar-refractivity contribution >= 4 is 22.7 Å². The number of carbonyl (C=O) groups is 2. The minimum Gasteiger partial charge on any atom is -0.361 e. The molecule has 1 aromatic heterocycles. The van der Waals surface area contributed by atoms with Gasteiger partial charge < -0.3 is 21.4 Å². The van der Waals surface area contributed by atoms with E-state index in [2.05, 4.69) is 15.6 Å². The Bertz CT molecular complexity index is 620. The third-order valence-electron chi connectivity index (χ3n) is 3.18.